The third-order valence-electron chi connectivity index (χ3n) is 5.14. The average Bonchev–Trinajstić information content (AvgIpc) is 3.11. The van der Waals surface area contributed by atoms with Crippen LogP contribution in [0.1, 0.15) is 42.1 Å². The van der Waals surface area contributed by atoms with Gasteiger partial charge in [-0.05, 0) is 37.1 Å². The topological polar surface area (TPSA) is 110 Å². The molecule has 1 aliphatic carbocycles. The van der Waals surface area contributed by atoms with Crippen molar-refractivity contribution in [2.24, 2.45) is 11.7 Å². The number of fused-ring (bicyclic) bond motifs is 1. The fourth-order valence-corrected chi connectivity index (χ4v) is 3.72. The Balaban J connectivity index is 1.68. The maximum Gasteiger partial charge on any atom is 0.254 e. The number of aromatic nitrogens is 3. The van der Waals surface area contributed by atoms with Gasteiger partial charge >= 0.3 is 0 Å². The zero-order valence-electron chi connectivity index (χ0n) is 15.1. The van der Waals surface area contributed by atoms with Crippen LogP contribution in [0.15, 0.2) is 36.7 Å². The van der Waals surface area contributed by atoms with Gasteiger partial charge in [0.2, 0.25) is 0 Å². The molecule has 0 bridgehead atoms. The van der Waals surface area contributed by atoms with Crippen molar-refractivity contribution < 1.29 is 9.18 Å². The van der Waals surface area contributed by atoms with E-state index in [1.54, 1.807) is 29.2 Å². The van der Waals surface area contributed by atoms with Crippen molar-refractivity contribution in [1.82, 2.24) is 14.8 Å². The standard InChI is InChI=1S/C20H19FN6O/c21-14-5-6-17-13(7-14)8-15(10-24-17)25-20-16(19(23)28)11-27(26-20)18-4-2-1-3-12(18)9-22/h5-8,10-12,18H,1-4H2,(H2,23,28)(H,25,26). The first-order valence-electron chi connectivity index (χ1n) is 9.16. The third-order valence-corrected chi connectivity index (χ3v) is 5.14. The van der Waals surface area contributed by atoms with Crippen LogP contribution >= 0.6 is 0 Å². The molecule has 28 heavy (non-hydrogen) atoms. The fourth-order valence-electron chi connectivity index (χ4n) is 3.72. The van der Waals surface area contributed by atoms with Crippen LogP contribution in [0.3, 0.4) is 0 Å². The minimum atomic E-state index is -0.613. The maximum absolute atomic E-state index is 13.5. The van der Waals surface area contributed by atoms with E-state index in [1.807, 2.05) is 0 Å². The molecule has 0 saturated heterocycles. The summed E-state index contributed by atoms with van der Waals surface area (Å²) in [5.41, 5.74) is 6.98. The number of rotatable bonds is 4. The lowest BCUT2D eigenvalue weighted by molar-refractivity contribution is 0.100. The molecule has 2 aromatic heterocycles. The van der Waals surface area contributed by atoms with E-state index in [-0.39, 0.29) is 23.3 Å². The van der Waals surface area contributed by atoms with Gasteiger partial charge in [0.1, 0.15) is 11.4 Å². The van der Waals surface area contributed by atoms with E-state index in [4.69, 9.17) is 5.73 Å². The lowest BCUT2D eigenvalue weighted by Gasteiger charge is -2.26. The summed E-state index contributed by atoms with van der Waals surface area (Å²) < 4.78 is 15.2. The number of amides is 1. The zero-order chi connectivity index (χ0) is 19.7. The highest BCUT2D eigenvalue weighted by Gasteiger charge is 2.28. The van der Waals surface area contributed by atoms with Crippen LogP contribution in [-0.2, 0) is 0 Å². The lowest BCUT2D eigenvalue weighted by Crippen LogP contribution is -2.22. The summed E-state index contributed by atoms with van der Waals surface area (Å²) in [5.74, 6) is -0.814. The van der Waals surface area contributed by atoms with Gasteiger partial charge in [-0.15, -0.1) is 0 Å². The lowest BCUT2D eigenvalue weighted by atomic mass is 9.85. The summed E-state index contributed by atoms with van der Waals surface area (Å²) in [7, 11) is 0. The number of pyridine rings is 1. The number of halogens is 1. The first kappa shape index (κ1) is 17.9. The second-order valence-electron chi connectivity index (χ2n) is 7.01. The molecular formula is C20H19FN6O. The van der Waals surface area contributed by atoms with Crippen LogP contribution in [0.2, 0.25) is 0 Å². The Hall–Kier alpha value is -3.47. The quantitative estimate of drug-likeness (QED) is 0.720. The number of nitrogens with zero attached hydrogens (tertiary/aromatic N) is 4. The van der Waals surface area contributed by atoms with E-state index in [2.05, 4.69) is 21.5 Å². The van der Waals surface area contributed by atoms with E-state index >= 15 is 0 Å². The molecule has 3 aromatic rings. The number of hydrogen-bond acceptors (Lipinski definition) is 5. The second-order valence-corrected chi connectivity index (χ2v) is 7.01. The minimum absolute atomic E-state index is 0.0868. The highest BCUT2D eigenvalue weighted by molar-refractivity contribution is 5.98. The zero-order valence-corrected chi connectivity index (χ0v) is 15.1. The highest BCUT2D eigenvalue weighted by Crippen LogP contribution is 2.34. The Labute approximate surface area is 161 Å². The second kappa shape index (κ2) is 7.27. The number of nitriles is 1. The van der Waals surface area contributed by atoms with E-state index in [9.17, 15) is 14.4 Å². The number of nitrogens with one attached hydrogen (secondary N) is 1. The van der Waals surface area contributed by atoms with Crippen molar-refractivity contribution in [3.8, 4) is 6.07 Å². The molecule has 2 heterocycles. The molecule has 1 amide bonds. The summed E-state index contributed by atoms with van der Waals surface area (Å²) in [6.45, 7) is 0. The molecule has 8 heteroatoms. The number of nitrogens with two attached hydrogens (primary N) is 1. The molecule has 142 valence electrons. The van der Waals surface area contributed by atoms with E-state index < -0.39 is 5.91 Å². The molecule has 1 fully saturated rings. The molecular weight excluding hydrogens is 359 g/mol. The van der Waals surface area contributed by atoms with Gasteiger partial charge in [0.25, 0.3) is 5.91 Å². The van der Waals surface area contributed by atoms with Crippen LogP contribution in [0, 0.1) is 23.1 Å². The molecule has 1 aliphatic rings. The van der Waals surface area contributed by atoms with Gasteiger partial charge in [0.05, 0.1) is 35.4 Å². The number of primary amides is 1. The number of carbonyl (C=O) groups is 1. The van der Waals surface area contributed by atoms with Crippen LogP contribution in [0.5, 0.6) is 0 Å². The first-order valence-corrected chi connectivity index (χ1v) is 9.16. The SMILES string of the molecule is N#CC1CCCCC1n1cc(C(N)=O)c(Nc2cnc3ccc(F)cc3c2)n1. The van der Waals surface area contributed by atoms with E-state index in [0.29, 0.717) is 22.4 Å². The highest BCUT2D eigenvalue weighted by atomic mass is 19.1. The van der Waals surface area contributed by atoms with E-state index in [1.165, 1.54) is 12.1 Å². The molecule has 2 unspecified atom stereocenters. The van der Waals surface area contributed by atoms with Gasteiger partial charge in [0.15, 0.2) is 5.82 Å². The van der Waals surface area contributed by atoms with Crippen molar-refractivity contribution in [1.29, 1.82) is 5.26 Å². The fraction of sp³-hybridized carbons (Fsp3) is 0.300. The summed E-state index contributed by atoms with van der Waals surface area (Å²) >= 11 is 0. The molecule has 0 spiro atoms. The van der Waals surface area contributed by atoms with Crippen molar-refractivity contribution in [2.75, 3.05) is 5.32 Å². The van der Waals surface area contributed by atoms with Crippen LogP contribution < -0.4 is 11.1 Å². The van der Waals surface area contributed by atoms with Gasteiger partial charge < -0.3 is 11.1 Å². The summed E-state index contributed by atoms with van der Waals surface area (Å²) in [6, 6.07) is 8.33. The molecule has 0 radical (unpaired) electrons. The maximum atomic E-state index is 13.5. The Morgan fingerprint density at radius 3 is 2.93 bits per heavy atom. The van der Waals surface area contributed by atoms with Gasteiger partial charge in [-0.3, -0.25) is 14.5 Å². The van der Waals surface area contributed by atoms with Crippen molar-refractivity contribution >= 4 is 28.3 Å². The number of hydrogen-bond donors (Lipinski definition) is 2. The van der Waals surface area contributed by atoms with Gasteiger partial charge in [-0.2, -0.15) is 10.4 Å². The van der Waals surface area contributed by atoms with Crippen molar-refractivity contribution in [2.45, 2.75) is 31.7 Å². The van der Waals surface area contributed by atoms with Gasteiger partial charge in [-0.1, -0.05) is 12.8 Å². The molecule has 0 aliphatic heterocycles. The molecule has 1 aromatic carbocycles. The molecule has 4 rings (SSSR count). The van der Waals surface area contributed by atoms with Crippen molar-refractivity contribution in [3.63, 3.8) is 0 Å². The third kappa shape index (κ3) is 3.39. The van der Waals surface area contributed by atoms with Crippen molar-refractivity contribution in [3.05, 3.63) is 48.0 Å². The average molecular weight is 378 g/mol. The van der Waals surface area contributed by atoms with Crippen LogP contribution in [-0.4, -0.2) is 20.7 Å². The number of carbonyl (C=O) groups excluding carboxylic acids is 1. The normalized spacial score (nSPS) is 19.3. The number of benzene rings is 1. The van der Waals surface area contributed by atoms with Crippen LogP contribution in [0.25, 0.3) is 10.9 Å². The minimum Gasteiger partial charge on any atom is -0.365 e. The summed E-state index contributed by atoms with van der Waals surface area (Å²) in [6.07, 6.45) is 6.85. The summed E-state index contributed by atoms with van der Waals surface area (Å²) in [5, 5.41) is 17.6. The Bertz CT molecular complexity index is 1090. The molecule has 1 saturated carbocycles. The molecule has 3 N–H and O–H groups in total. The molecule has 2 atom stereocenters. The Morgan fingerprint density at radius 2 is 2.14 bits per heavy atom. The Morgan fingerprint density at radius 1 is 1.32 bits per heavy atom. The van der Waals surface area contributed by atoms with Gasteiger partial charge in [0, 0.05) is 11.6 Å². The Kier molecular flexibility index (Phi) is 4.65. The molecule has 7 nitrogen and oxygen atoms in total. The smallest absolute Gasteiger partial charge is 0.254 e. The van der Waals surface area contributed by atoms with Crippen LogP contribution in [0.4, 0.5) is 15.9 Å². The van der Waals surface area contributed by atoms with Gasteiger partial charge in [-0.25, -0.2) is 4.39 Å². The van der Waals surface area contributed by atoms with E-state index in [0.717, 1.165) is 25.7 Å². The largest absolute Gasteiger partial charge is 0.365 e. The predicted octanol–water partition coefficient (Wildman–Crippen LogP) is 3.67. The summed E-state index contributed by atoms with van der Waals surface area (Å²) in [4.78, 5) is 16.2. The predicted molar refractivity (Wildman–Crippen MR) is 102 cm³/mol. The monoisotopic (exact) mass is 378 g/mol. The number of anilines is 2. The first-order chi connectivity index (χ1) is 13.5.